The van der Waals surface area contributed by atoms with E-state index in [-0.39, 0.29) is 9.77 Å². The van der Waals surface area contributed by atoms with Crippen LogP contribution in [-0.4, -0.2) is 34.5 Å². The Morgan fingerprint density at radius 2 is 1.95 bits per heavy atom. The number of carbonyl (C=O) groups is 1. The Bertz CT molecular complexity index is 888. The van der Waals surface area contributed by atoms with E-state index in [1.807, 2.05) is 4.72 Å². The van der Waals surface area contributed by atoms with Crippen molar-refractivity contribution in [2.45, 2.75) is 4.90 Å². The molecule has 0 aliphatic carbocycles. The first-order valence-electron chi connectivity index (χ1n) is 6.01. The molecule has 3 aromatic rings. The molecular formula is C12H9N5O3S2. The molecule has 3 rings (SSSR count). The summed E-state index contributed by atoms with van der Waals surface area (Å²) >= 11 is 1.10. The summed E-state index contributed by atoms with van der Waals surface area (Å²) in [5.74, 6) is -0.732. The van der Waals surface area contributed by atoms with Crippen LogP contribution in [0.25, 0.3) is 5.69 Å². The van der Waals surface area contributed by atoms with Gasteiger partial charge in [0.2, 0.25) is 0 Å². The Hall–Kier alpha value is -2.59. The van der Waals surface area contributed by atoms with Gasteiger partial charge in [-0.05, 0) is 34.0 Å². The number of nitrogens with zero attached hydrogens (tertiary/aromatic N) is 4. The summed E-state index contributed by atoms with van der Waals surface area (Å²) in [7, 11) is -3.92. The summed E-state index contributed by atoms with van der Waals surface area (Å²) < 4.78 is 27.7. The van der Waals surface area contributed by atoms with Gasteiger partial charge in [-0.25, -0.2) is 13.1 Å². The van der Waals surface area contributed by atoms with Crippen molar-refractivity contribution < 1.29 is 13.2 Å². The van der Waals surface area contributed by atoms with E-state index in [2.05, 4.69) is 15.5 Å². The molecule has 8 nitrogen and oxygen atoms in total. The van der Waals surface area contributed by atoms with Gasteiger partial charge in [0, 0.05) is 0 Å². The van der Waals surface area contributed by atoms with Gasteiger partial charge in [0.25, 0.3) is 15.9 Å². The Balaban J connectivity index is 1.89. The Morgan fingerprint density at radius 1 is 1.18 bits per heavy atom. The minimum atomic E-state index is -3.92. The van der Waals surface area contributed by atoms with E-state index in [0.29, 0.717) is 5.69 Å². The van der Waals surface area contributed by atoms with Gasteiger partial charge >= 0.3 is 0 Å². The molecular weight excluding hydrogens is 326 g/mol. The van der Waals surface area contributed by atoms with Crippen molar-refractivity contribution in [1.29, 1.82) is 0 Å². The maximum absolute atomic E-state index is 12.2. The summed E-state index contributed by atoms with van der Waals surface area (Å²) in [5, 5.41) is 12.3. The number of rotatable bonds is 4. The number of carbonyl (C=O) groups excluding carboxylic acids is 1. The third-order valence-corrected chi connectivity index (χ3v) is 4.98. The molecule has 0 radical (unpaired) electrons. The van der Waals surface area contributed by atoms with Gasteiger partial charge in [-0.15, -0.1) is 16.4 Å². The maximum Gasteiger partial charge on any atom is 0.277 e. The molecule has 22 heavy (non-hydrogen) atoms. The predicted molar refractivity (Wildman–Crippen MR) is 78.1 cm³/mol. The lowest BCUT2D eigenvalue weighted by Crippen LogP contribution is -2.30. The molecule has 112 valence electrons. The third kappa shape index (κ3) is 2.73. The van der Waals surface area contributed by atoms with Crippen LogP contribution in [0.4, 0.5) is 0 Å². The van der Waals surface area contributed by atoms with Gasteiger partial charge in [-0.1, -0.05) is 18.2 Å². The lowest BCUT2D eigenvalue weighted by Gasteiger charge is -2.07. The standard InChI is InChI=1S/C12H9N5O3S2/c18-12(14-22(19,20)9-4-2-1-3-5-9)11-10(6-7-21-11)17-8-13-15-16-17/h1-8H,(H,14,18). The van der Waals surface area contributed by atoms with Crippen LogP contribution in [0.5, 0.6) is 0 Å². The average molecular weight is 335 g/mol. The largest absolute Gasteiger partial charge is 0.277 e. The highest BCUT2D eigenvalue weighted by Crippen LogP contribution is 2.20. The van der Waals surface area contributed by atoms with E-state index >= 15 is 0 Å². The number of tetrazole rings is 1. The van der Waals surface area contributed by atoms with Crippen LogP contribution in [0.1, 0.15) is 9.67 Å². The summed E-state index contributed by atoms with van der Waals surface area (Å²) in [6.07, 6.45) is 1.32. The molecule has 1 aromatic carbocycles. The van der Waals surface area contributed by atoms with E-state index < -0.39 is 15.9 Å². The SMILES string of the molecule is O=C(NS(=O)(=O)c1ccccc1)c1sccc1-n1cnnn1. The second-order valence-electron chi connectivity index (χ2n) is 4.14. The smallest absolute Gasteiger partial charge is 0.267 e. The number of hydrogen-bond acceptors (Lipinski definition) is 7. The average Bonchev–Trinajstić information content (AvgIpc) is 3.18. The molecule has 0 fully saturated rings. The number of amides is 1. The number of sulfonamides is 1. The highest BCUT2D eigenvalue weighted by molar-refractivity contribution is 7.90. The van der Waals surface area contributed by atoms with Crippen LogP contribution in [0, 0.1) is 0 Å². The van der Waals surface area contributed by atoms with Gasteiger partial charge < -0.3 is 0 Å². The van der Waals surface area contributed by atoms with Crippen molar-refractivity contribution in [3.05, 3.63) is 53.0 Å². The molecule has 0 spiro atoms. The lowest BCUT2D eigenvalue weighted by atomic mass is 10.4. The Kier molecular flexibility index (Phi) is 3.69. The molecule has 0 atom stereocenters. The minimum absolute atomic E-state index is 0.0175. The fourth-order valence-electron chi connectivity index (χ4n) is 1.75. The van der Waals surface area contributed by atoms with Crippen LogP contribution in [-0.2, 0) is 10.0 Å². The summed E-state index contributed by atoms with van der Waals surface area (Å²) in [4.78, 5) is 12.5. The lowest BCUT2D eigenvalue weighted by molar-refractivity contribution is 0.0985. The molecule has 2 heterocycles. The van der Waals surface area contributed by atoms with Crippen molar-refractivity contribution in [2.75, 3.05) is 0 Å². The topological polar surface area (TPSA) is 107 Å². The van der Waals surface area contributed by atoms with Gasteiger partial charge in [0.05, 0.1) is 10.6 Å². The molecule has 0 saturated heterocycles. The molecule has 0 unspecified atom stereocenters. The third-order valence-electron chi connectivity index (χ3n) is 2.73. The first-order chi connectivity index (χ1) is 10.6. The number of nitrogens with one attached hydrogen (secondary N) is 1. The second kappa shape index (κ2) is 5.66. The van der Waals surface area contributed by atoms with Crippen molar-refractivity contribution >= 4 is 27.3 Å². The van der Waals surface area contributed by atoms with Crippen LogP contribution in [0.2, 0.25) is 0 Å². The Morgan fingerprint density at radius 3 is 2.64 bits per heavy atom. The fourth-order valence-corrected chi connectivity index (χ4v) is 3.57. The van der Waals surface area contributed by atoms with E-state index in [0.717, 1.165) is 11.3 Å². The minimum Gasteiger partial charge on any atom is -0.267 e. The maximum atomic E-state index is 12.2. The van der Waals surface area contributed by atoms with Gasteiger partial charge in [-0.3, -0.25) is 4.79 Å². The van der Waals surface area contributed by atoms with E-state index in [4.69, 9.17) is 0 Å². The first kappa shape index (κ1) is 14.4. The van der Waals surface area contributed by atoms with Crippen molar-refractivity contribution in [3.8, 4) is 5.69 Å². The molecule has 0 bridgehead atoms. The van der Waals surface area contributed by atoms with E-state index in [1.54, 1.807) is 29.6 Å². The van der Waals surface area contributed by atoms with Gasteiger partial charge in [-0.2, -0.15) is 4.68 Å². The fraction of sp³-hybridized carbons (Fsp3) is 0. The highest BCUT2D eigenvalue weighted by atomic mass is 32.2. The van der Waals surface area contributed by atoms with Crippen LogP contribution < -0.4 is 4.72 Å². The summed E-state index contributed by atoms with van der Waals surface area (Å²) in [6, 6.07) is 9.30. The molecule has 0 saturated carbocycles. The zero-order valence-electron chi connectivity index (χ0n) is 10.9. The van der Waals surface area contributed by atoms with E-state index in [1.165, 1.54) is 23.1 Å². The quantitative estimate of drug-likeness (QED) is 0.757. The zero-order chi connectivity index (χ0) is 15.6. The molecule has 0 aliphatic rings. The van der Waals surface area contributed by atoms with Crippen LogP contribution in [0.15, 0.2) is 53.0 Å². The van der Waals surface area contributed by atoms with Gasteiger partial charge in [0.15, 0.2) is 0 Å². The predicted octanol–water partition coefficient (Wildman–Crippen LogP) is 0.842. The molecule has 2 aromatic heterocycles. The number of benzene rings is 1. The summed E-state index contributed by atoms with van der Waals surface area (Å²) in [6.45, 7) is 0. The van der Waals surface area contributed by atoms with Crippen LogP contribution in [0.3, 0.4) is 0 Å². The normalized spacial score (nSPS) is 11.3. The van der Waals surface area contributed by atoms with Crippen molar-refractivity contribution in [1.82, 2.24) is 24.9 Å². The first-order valence-corrected chi connectivity index (χ1v) is 8.37. The molecule has 0 aliphatic heterocycles. The molecule has 1 amide bonds. The summed E-state index contributed by atoms with van der Waals surface area (Å²) in [5.41, 5.74) is 0.413. The highest BCUT2D eigenvalue weighted by Gasteiger charge is 2.22. The van der Waals surface area contributed by atoms with Crippen molar-refractivity contribution in [3.63, 3.8) is 0 Å². The van der Waals surface area contributed by atoms with Crippen molar-refractivity contribution in [2.24, 2.45) is 0 Å². The second-order valence-corrected chi connectivity index (χ2v) is 6.74. The molecule has 10 heteroatoms. The monoisotopic (exact) mass is 335 g/mol. The zero-order valence-corrected chi connectivity index (χ0v) is 12.6. The Labute approximate surface area is 129 Å². The number of hydrogen-bond donors (Lipinski definition) is 1. The number of aromatic nitrogens is 4. The molecule has 1 N–H and O–H groups in total. The van der Waals surface area contributed by atoms with Crippen LogP contribution >= 0.6 is 11.3 Å². The van der Waals surface area contributed by atoms with Gasteiger partial charge in [0.1, 0.15) is 11.2 Å². The number of thiophene rings is 1. The van der Waals surface area contributed by atoms with E-state index in [9.17, 15) is 13.2 Å².